The Balaban J connectivity index is 2.32. The summed E-state index contributed by atoms with van der Waals surface area (Å²) in [4.78, 5) is 2.54. The molecule has 0 fully saturated rings. The average Bonchev–Trinajstić information content (AvgIpc) is 2.54. The van der Waals surface area contributed by atoms with E-state index in [1.165, 1.54) is 16.7 Å². The molecule has 0 radical (unpaired) electrons. The van der Waals surface area contributed by atoms with Gasteiger partial charge in [-0.25, -0.2) is 0 Å². The molecule has 0 saturated heterocycles. The highest BCUT2D eigenvalue weighted by atomic mass is 16.3. The van der Waals surface area contributed by atoms with Crippen LogP contribution in [0.5, 0.6) is 5.75 Å². The second-order valence-corrected chi connectivity index (χ2v) is 7.22. The first-order chi connectivity index (χ1) is 11.4. The van der Waals surface area contributed by atoms with Crippen LogP contribution in [-0.2, 0) is 0 Å². The molecule has 0 heterocycles. The van der Waals surface area contributed by atoms with Gasteiger partial charge in [-0.05, 0) is 76.4 Å². The lowest BCUT2D eigenvalue weighted by Crippen LogP contribution is -2.38. The Morgan fingerprint density at radius 2 is 1.54 bits per heavy atom. The van der Waals surface area contributed by atoms with Crippen molar-refractivity contribution in [3.8, 4) is 5.75 Å². The number of benzene rings is 2. The number of phenolic OH excluding ortho intramolecular Hbond substituents is 1. The largest absolute Gasteiger partial charge is 0.508 e. The Morgan fingerprint density at radius 1 is 0.917 bits per heavy atom. The lowest BCUT2D eigenvalue weighted by Gasteiger charge is -2.32. The van der Waals surface area contributed by atoms with E-state index >= 15 is 0 Å². The molecule has 0 saturated carbocycles. The molecule has 0 aliphatic rings. The minimum absolute atomic E-state index is 0.304. The van der Waals surface area contributed by atoms with Gasteiger partial charge in [0.15, 0.2) is 0 Å². The molecule has 0 aromatic heterocycles. The van der Waals surface area contributed by atoms with Crippen molar-refractivity contribution < 1.29 is 5.11 Å². The minimum Gasteiger partial charge on any atom is -0.508 e. The van der Waals surface area contributed by atoms with Gasteiger partial charge in [0, 0.05) is 18.0 Å². The molecule has 0 aliphatic heterocycles. The van der Waals surface area contributed by atoms with Crippen molar-refractivity contribution in [1.82, 2.24) is 4.90 Å². The molecule has 2 rings (SSSR count). The third-order valence-corrected chi connectivity index (χ3v) is 4.84. The highest BCUT2D eigenvalue weighted by molar-refractivity contribution is 5.41. The molecule has 0 aliphatic carbocycles. The van der Waals surface area contributed by atoms with Gasteiger partial charge < -0.3 is 5.11 Å². The van der Waals surface area contributed by atoms with Gasteiger partial charge in [-0.1, -0.05) is 36.4 Å². The molecule has 1 N–H and O–H groups in total. The first-order valence-electron chi connectivity index (χ1n) is 9.00. The summed E-state index contributed by atoms with van der Waals surface area (Å²) in [6, 6.07) is 17.4. The predicted molar refractivity (Wildman–Crippen MR) is 103 cm³/mol. The topological polar surface area (TPSA) is 23.5 Å². The van der Waals surface area contributed by atoms with Crippen LogP contribution in [0.25, 0.3) is 0 Å². The third kappa shape index (κ3) is 4.61. The molecular formula is C22H31NO. The molecule has 130 valence electrons. The summed E-state index contributed by atoms with van der Waals surface area (Å²) in [5, 5.41) is 9.98. The average molecular weight is 325 g/mol. The van der Waals surface area contributed by atoms with Crippen LogP contribution in [0.1, 0.15) is 56.7 Å². The molecule has 0 unspecified atom stereocenters. The Hall–Kier alpha value is -1.80. The number of aryl methyl sites for hydroxylation is 1. The van der Waals surface area contributed by atoms with Gasteiger partial charge in [-0.2, -0.15) is 0 Å². The molecule has 0 spiro atoms. The first-order valence-corrected chi connectivity index (χ1v) is 9.00. The van der Waals surface area contributed by atoms with E-state index in [0.29, 0.717) is 23.8 Å². The van der Waals surface area contributed by atoms with E-state index in [2.05, 4.69) is 69.9 Å². The summed E-state index contributed by atoms with van der Waals surface area (Å²) < 4.78 is 0. The molecule has 0 amide bonds. The Kier molecular flexibility index (Phi) is 6.44. The second kappa shape index (κ2) is 8.34. The Bertz CT molecular complexity index is 626. The van der Waals surface area contributed by atoms with Crippen LogP contribution in [0, 0.1) is 6.92 Å². The van der Waals surface area contributed by atoms with Crippen molar-refractivity contribution in [2.45, 2.75) is 59.0 Å². The molecular weight excluding hydrogens is 294 g/mol. The lowest BCUT2D eigenvalue weighted by molar-refractivity contribution is 0.170. The first kappa shape index (κ1) is 18.5. The van der Waals surface area contributed by atoms with Crippen LogP contribution in [-0.4, -0.2) is 28.6 Å². The lowest BCUT2D eigenvalue weighted by atomic mass is 9.85. The van der Waals surface area contributed by atoms with Gasteiger partial charge in [0.2, 0.25) is 0 Å². The Morgan fingerprint density at radius 3 is 2.12 bits per heavy atom. The van der Waals surface area contributed by atoms with Crippen molar-refractivity contribution in [3.63, 3.8) is 0 Å². The third-order valence-electron chi connectivity index (χ3n) is 4.84. The van der Waals surface area contributed by atoms with Gasteiger partial charge >= 0.3 is 0 Å². The van der Waals surface area contributed by atoms with Crippen molar-refractivity contribution in [3.05, 3.63) is 65.2 Å². The molecule has 24 heavy (non-hydrogen) atoms. The van der Waals surface area contributed by atoms with Crippen molar-refractivity contribution >= 4 is 0 Å². The molecule has 2 heteroatoms. The van der Waals surface area contributed by atoms with E-state index in [1.807, 2.05) is 12.1 Å². The van der Waals surface area contributed by atoms with Crippen molar-refractivity contribution in [2.24, 2.45) is 0 Å². The summed E-state index contributed by atoms with van der Waals surface area (Å²) in [5.74, 6) is 0.652. The van der Waals surface area contributed by atoms with Crippen LogP contribution in [0.2, 0.25) is 0 Å². The van der Waals surface area contributed by atoms with Gasteiger partial charge in [-0.3, -0.25) is 4.90 Å². The van der Waals surface area contributed by atoms with Crippen LogP contribution in [0.15, 0.2) is 48.5 Å². The minimum atomic E-state index is 0.304. The number of phenols is 1. The molecule has 1 atom stereocenters. The standard InChI is InChI=1S/C22H31NO/c1-16(2)23(17(3)4)14-13-21(19-9-7-6-8-10-19)22-15-20(24)12-11-18(22)5/h6-12,15-17,21,24H,13-14H2,1-5H3/t21-/m1/s1. The smallest absolute Gasteiger partial charge is 0.115 e. The van der Waals surface area contributed by atoms with Crippen LogP contribution >= 0.6 is 0 Å². The van der Waals surface area contributed by atoms with Gasteiger partial charge in [0.05, 0.1) is 0 Å². The van der Waals surface area contributed by atoms with Crippen LogP contribution in [0.4, 0.5) is 0 Å². The normalized spacial score (nSPS) is 13.0. The van der Waals surface area contributed by atoms with Gasteiger partial charge in [0.1, 0.15) is 5.75 Å². The zero-order chi connectivity index (χ0) is 17.7. The molecule has 0 bridgehead atoms. The summed E-state index contributed by atoms with van der Waals surface area (Å²) in [6.07, 6.45) is 1.05. The van der Waals surface area contributed by atoms with Crippen molar-refractivity contribution in [1.29, 1.82) is 0 Å². The summed E-state index contributed by atoms with van der Waals surface area (Å²) in [6.45, 7) is 12.2. The van der Waals surface area contributed by atoms with Crippen molar-refractivity contribution in [2.75, 3.05) is 6.54 Å². The summed E-state index contributed by atoms with van der Waals surface area (Å²) in [7, 11) is 0. The number of hydrogen-bond acceptors (Lipinski definition) is 2. The van der Waals surface area contributed by atoms with E-state index in [4.69, 9.17) is 0 Å². The molecule has 2 nitrogen and oxygen atoms in total. The maximum atomic E-state index is 9.98. The Labute approximate surface area is 147 Å². The quantitative estimate of drug-likeness (QED) is 0.742. The van der Waals surface area contributed by atoms with E-state index < -0.39 is 0 Å². The fraction of sp³-hybridized carbons (Fsp3) is 0.455. The van der Waals surface area contributed by atoms with E-state index in [-0.39, 0.29) is 0 Å². The SMILES string of the molecule is Cc1ccc(O)cc1[C@H](CCN(C(C)C)C(C)C)c1ccccc1. The van der Waals surface area contributed by atoms with E-state index in [1.54, 1.807) is 6.07 Å². The van der Waals surface area contributed by atoms with Gasteiger partial charge in [0.25, 0.3) is 0 Å². The number of hydrogen-bond donors (Lipinski definition) is 1. The van der Waals surface area contributed by atoms with Gasteiger partial charge in [-0.15, -0.1) is 0 Å². The maximum absolute atomic E-state index is 9.98. The van der Waals surface area contributed by atoms with Crippen LogP contribution in [0.3, 0.4) is 0 Å². The van der Waals surface area contributed by atoms with Crippen LogP contribution < -0.4 is 0 Å². The number of nitrogens with zero attached hydrogens (tertiary/aromatic N) is 1. The highest BCUT2D eigenvalue weighted by Gasteiger charge is 2.20. The highest BCUT2D eigenvalue weighted by Crippen LogP contribution is 2.33. The summed E-state index contributed by atoms with van der Waals surface area (Å²) >= 11 is 0. The molecule has 2 aromatic carbocycles. The summed E-state index contributed by atoms with van der Waals surface area (Å²) in [5.41, 5.74) is 3.79. The fourth-order valence-electron chi connectivity index (χ4n) is 3.58. The zero-order valence-electron chi connectivity index (χ0n) is 15.7. The fourth-order valence-corrected chi connectivity index (χ4v) is 3.58. The zero-order valence-corrected chi connectivity index (χ0v) is 15.7. The molecule has 2 aromatic rings. The number of rotatable bonds is 7. The maximum Gasteiger partial charge on any atom is 0.115 e. The second-order valence-electron chi connectivity index (χ2n) is 7.22. The monoisotopic (exact) mass is 325 g/mol. The van der Waals surface area contributed by atoms with E-state index in [0.717, 1.165) is 13.0 Å². The van der Waals surface area contributed by atoms with E-state index in [9.17, 15) is 5.11 Å². The predicted octanol–water partition coefficient (Wildman–Crippen LogP) is 5.34. The number of aromatic hydroxyl groups is 1.